The molecule has 1 amide bonds. The molecule has 3 rings (SSSR count). The lowest BCUT2D eigenvalue weighted by atomic mass is 10.2. The van der Waals surface area contributed by atoms with Gasteiger partial charge in [0.15, 0.2) is 6.10 Å². The molecule has 0 aliphatic heterocycles. The van der Waals surface area contributed by atoms with Gasteiger partial charge in [0.25, 0.3) is 5.91 Å². The van der Waals surface area contributed by atoms with Crippen molar-refractivity contribution in [3.8, 4) is 11.5 Å². The zero-order valence-electron chi connectivity index (χ0n) is 15.8. The minimum absolute atomic E-state index is 0.238. The number of hydrogen-bond acceptors (Lipinski definition) is 6. The standard InChI is InChI=1S/C21H20N2O5/c1-13-19(14(2)28-23-13)21(25)26-15(3)20(24)22-16-9-11-18(12-10-16)27-17-7-5-4-6-8-17/h4-12,15H,1-3H3,(H,22,24). The maximum atomic E-state index is 12.3. The van der Waals surface area contributed by atoms with Crippen molar-refractivity contribution >= 4 is 17.6 Å². The monoisotopic (exact) mass is 380 g/mol. The van der Waals surface area contributed by atoms with Crippen molar-refractivity contribution in [2.75, 3.05) is 5.32 Å². The van der Waals surface area contributed by atoms with Gasteiger partial charge in [-0.25, -0.2) is 4.79 Å². The normalized spacial score (nSPS) is 11.5. The first-order chi connectivity index (χ1) is 13.4. The van der Waals surface area contributed by atoms with E-state index >= 15 is 0 Å². The molecule has 3 aromatic rings. The Labute approximate surface area is 162 Å². The first-order valence-corrected chi connectivity index (χ1v) is 8.71. The lowest BCUT2D eigenvalue weighted by Crippen LogP contribution is -2.30. The highest BCUT2D eigenvalue weighted by atomic mass is 16.5. The maximum Gasteiger partial charge on any atom is 0.344 e. The quantitative estimate of drug-likeness (QED) is 0.642. The number of anilines is 1. The largest absolute Gasteiger partial charge is 0.457 e. The van der Waals surface area contributed by atoms with Crippen LogP contribution >= 0.6 is 0 Å². The van der Waals surface area contributed by atoms with Crippen LogP contribution in [0.15, 0.2) is 59.1 Å². The van der Waals surface area contributed by atoms with Gasteiger partial charge in [0.2, 0.25) is 0 Å². The van der Waals surface area contributed by atoms with Crippen LogP contribution in [0, 0.1) is 13.8 Å². The van der Waals surface area contributed by atoms with E-state index in [2.05, 4.69) is 10.5 Å². The van der Waals surface area contributed by atoms with Gasteiger partial charge in [0.05, 0.1) is 5.69 Å². The van der Waals surface area contributed by atoms with Gasteiger partial charge in [-0.2, -0.15) is 0 Å². The molecule has 0 radical (unpaired) electrons. The van der Waals surface area contributed by atoms with E-state index in [4.69, 9.17) is 14.0 Å². The fourth-order valence-electron chi connectivity index (χ4n) is 2.52. The second-order valence-electron chi connectivity index (χ2n) is 6.18. The predicted octanol–water partition coefficient (Wildman–Crippen LogP) is 4.27. The Morgan fingerprint density at radius 1 is 1.00 bits per heavy atom. The number of carbonyl (C=O) groups excluding carboxylic acids is 2. The fourth-order valence-corrected chi connectivity index (χ4v) is 2.52. The highest BCUT2D eigenvalue weighted by molar-refractivity contribution is 5.98. The molecule has 2 aromatic carbocycles. The van der Waals surface area contributed by atoms with Crippen molar-refractivity contribution in [2.24, 2.45) is 0 Å². The van der Waals surface area contributed by atoms with Gasteiger partial charge in [0, 0.05) is 5.69 Å². The summed E-state index contributed by atoms with van der Waals surface area (Å²) in [6.07, 6.45) is -0.985. The molecule has 144 valence electrons. The molecule has 1 N–H and O–H groups in total. The second-order valence-corrected chi connectivity index (χ2v) is 6.18. The SMILES string of the molecule is Cc1noc(C)c1C(=O)OC(C)C(=O)Nc1ccc(Oc2ccccc2)cc1. The van der Waals surface area contributed by atoms with Gasteiger partial charge >= 0.3 is 5.97 Å². The summed E-state index contributed by atoms with van der Waals surface area (Å²) in [5.74, 6) is 0.618. The minimum Gasteiger partial charge on any atom is -0.457 e. The molecule has 0 spiro atoms. The van der Waals surface area contributed by atoms with Crippen LogP contribution in [-0.4, -0.2) is 23.1 Å². The zero-order valence-corrected chi connectivity index (χ0v) is 15.8. The van der Waals surface area contributed by atoms with Crippen LogP contribution in [0.25, 0.3) is 0 Å². The first-order valence-electron chi connectivity index (χ1n) is 8.71. The Kier molecular flexibility index (Phi) is 5.74. The number of ether oxygens (including phenoxy) is 2. The molecular formula is C21H20N2O5. The molecule has 1 aromatic heterocycles. The van der Waals surface area contributed by atoms with Crippen molar-refractivity contribution in [3.63, 3.8) is 0 Å². The van der Waals surface area contributed by atoms with Crippen molar-refractivity contribution in [1.82, 2.24) is 5.16 Å². The summed E-state index contributed by atoms with van der Waals surface area (Å²) in [5, 5.41) is 6.41. The number of nitrogens with zero attached hydrogens (tertiary/aromatic N) is 1. The minimum atomic E-state index is -0.985. The third kappa shape index (κ3) is 4.56. The number of nitrogens with one attached hydrogen (secondary N) is 1. The third-order valence-corrected chi connectivity index (χ3v) is 3.99. The molecule has 0 saturated heterocycles. The van der Waals surface area contributed by atoms with E-state index in [1.165, 1.54) is 6.92 Å². The molecule has 0 bridgehead atoms. The molecule has 0 aliphatic rings. The summed E-state index contributed by atoms with van der Waals surface area (Å²) in [7, 11) is 0. The summed E-state index contributed by atoms with van der Waals surface area (Å²) in [6, 6.07) is 16.3. The van der Waals surface area contributed by atoms with Gasteiger partial charge in [-0.15, -0.1) is 0 Å². The molecule has 28 heavy (non-hydrogen) atoms. The average Bonchev–Trinajstić information content (AvgIpc) is 3.02. The molecule has 1 atom stereocenters. The van der Waals surface area contributed by atoms with Crippen molar-refractivity contribution in [1.29, 1.82) is 0 Å². The van der Waals surface area contributed by atoms with Gasteiger partial charge in [-0.1, -0.05) is 23.4 Å². The van der Waals surface area contributed by atoms with Crippen LogP contribution in [0.1, 0.15) is 28.7 Å². The topological polar surface area (TPSA) is 90.7 Å². The lowest BCUT2D eigenvalue weighted by Gasteiger charge is -2.14. The van der Waals surface area contributed by atoms with Gasteiger partial charge in [-0.3, -0.25) is 4.79 Å². The first kappa shape index (κ1) is 19.2. The molecule has 7 nitrogen and oxygen atoms in total. The summed E-state index contributed by atoms with van der Waals surface area (Å²) in [5.41, 5.74) is 1.22. The fraction of sp³-hybridized carbons (Fsp3) is 0.190. The summed E-state index contributed by atoms with van der Waals surface area (Å²) < 4.78 is 15.9. The Morgan fingerprint density at radius 2 is 1.64 bits per heavy atom. The number of benzene rings is 2. The Morgan fingerprint density at radius 3 is 2.25 bits per heavy atom. The van der Waals surface area contributed by atoms with Crippen LogP contribution in [0.4, 0.5) is 5.69 Å². The lowest BCUT2D eigenvalue weighted by molar-refractivity contribution is -0.123. The molecule has 7 heteroatoms. The zero-order chi connectivity index (χ0) is 20.1. The number of esters is 1. The Bertz CT molecular complexity index is 945. The Balaban J connectivity index is 1.57. The number of amides is 1. The molecule has 0 aliphatic carbocycles. The molecule has 0 fully saturated rings. The van der Waals surface area contributed by atoms with E-state index < -0.39 is 18.0 Å². The highest BCUT2D eigenvalue weighted by Gasteiger charge is 2.24. The van der Waals surface area contributed by atoms with Crippen LogP contribution in [0.3, 0.4) is 0 Å². The molecule has 1 unspecified atom stereocenters. The Hall–Kier alpha value is -3.61. The van der Waals surface area contributed by atoms with Crippen LogP contribution in [-0.2, 0) is 9.53 Å². The third-order valence-electron chi connectivity index (χ3n) is 3.99. The molecule has 0 saturated carbocycles. The summed E-state index contributed by atoms with van der Waals surface area (Å²) in [4.78, 5) is 24.5. The van der Waals surface area contributed by atoms with Crippen molar-refractivity contribution in [2.45, 2.75) is 26.9 Å². The highest BCUT2D eigenvalue weighted by Crippen LogP contribution is 2.23. The average molecular weight is 380 g/mol. The van der Waals surface area contributed by atoms with Crippen molar-refractivity contribution in [3.05, 3.63) is 71.6 Å². The van der Waals surface area contributed by atoms with E-state index in [-0.39, 0.29) is 5.56 Å². The molecular weight excluding hydrogens is 360 g/mol. The second kappa shape index (κ2) is 8.39. The van der Waals surface area contributed by atoms with Crippen molar-refractivity contribution < 1.29 is 23.6 Å². The van der Waals surface area contributed by atoms with Gasteiger partial charge in [0.1, 0.15) is 22.8 Å². The maximum absolute atomic E-state index is 12.3. The number of rotatable bonds is 6. The number of aryl methyl sites for hydroxylation is 2. The summed E-state index contributed by atoms with van der Waals surface area (Å²) >= 11 is 0. The van der Waals surface area contributed by atoms with E-state index in [1.807, 2.05) is 30.3 Å². The smallest absolute Gasteiger partial charge is 0.344 e. The van der Waals surface area contributed by atoms with E-state index in [9.17, 15) is 9.59 Å². The number of para-hydroxylation sites is 1. The number of aromatic nitrogens is 1. The van der Waals surface area contributed by atoms with E-state index in [1.54, 1.807) is 38.1 Å². The van der Waals surface area contributed by atoms with Crippen LogP contribution in [0.5, 0.6) is 11.5 Å². The van der Waals surface area contributed by atoms with Gasteiger partial charge < -0.3 is 19.3 Å². The van der Waals surface area contributed by atoms with Gasteiger partial charge in [-0.05, 0) is 57.2 Å². The van der Waals surface area contributed by atoms with E-state index in [0.29, 0.717) is 22.9 Å². The van der Waals surface area contributed by atoms with E-state index in [0.717, 1.165) is 5.75 Å². The van der Waals surface area contributed by atoms with Crippen LogP contribution < -0.4 is 10.1 Å². The van der Waals surface area contributed by atoms with Crippen LogP contribution in [0.2, 0.25) is 0 Å². The number of carbonyl (C=O) groups is 2. The molecule has 1 heterocycles. The summed E-state index contributed by atoms with van der Waals surface area (Å²) in [6.45, 7) is 4.75. The predicted molar refractivity (Wildman–Crippen MR) is 102 cm³/mol. The number of hydrogen-bond donors (Lipinski definition) is 1.